The topological polar surface area (TPSA) is 78.4 Å². The van der Waals surface area contributed by atoms with Gasteiger partial charge in [0.15, 0.2) is 0 Å². The van der Waals surface area contributed by atoms with Crippen molar-refractivity contribution in [3.05, 3.63) is 29.8 Å². The van der Waals surface area contributed by atoms with E-state index in [1.165, 1.54) is 6.07 Å². The van der Waals surface area contributed by atoms with Crippen LogP contribution in [0.15, 0.2) is 24.3 Å². The number of hydrogen-bond donors (Lipinski definition) is 3. The van der Waals surface area contributed by atoms with Crippen LogP contribution in [-0.4, -0.2) is 23.1 Å². The lowest BCUT2D eigenvalue weighted by Crippen LogP contribution is -2.42. The molecule has 0 unspecified atom stereocenters. The lowest BCUT2D eigenvalue weighted by molar-refractivity contribution is -0.139. The second-order valence-electron chi connectivity index (χ2n) is 4.36. The molecule has 0 heterocycles. The van der Waals surface area contributed by atoms with E-state index in [9.17, 15) is 22.8 Å². The summed E-state index contributed by atoms with van der Waals surface area (Å²) >= 11 is 0. The van der Waals surface area contributed by atoms with Crippen molar-refractivity contribution in [1.29, 1.82) is 0 Å². The van der Waals surface area contributed by atoms with Gasteiger partial charge in [0, 0.05) is 5.69 Å². The smallest absolute Gasteiger partial charge is 0.416 e. The van der Waals surface area contributed by atoms with E-state index in [1.54, 1.807) is 6.92 Å². The average molecular weight is 304 g/mol. The molecule has 21 heavy (non-hydrogen) atoms. The highest BCUT2D eigenvalue weighted by atomic mass is 19.4. The van der Waals surface area contributed by atoms with Gasteiger partial charge in [-0.25, -0.2) is 9.59 Å². The molecule has 0 aliphatic rings. The van der Waals surface area contributed by atoms with Gasteiger partial charge in [0.25, 0.3) is 0 Å². The number of rotatable bonds is 5. The summed E-state index contributed by atoms with van der Waals surface area (Å²) in [5, 5.41) is 13.3. The molecule has 5 nitrogen and oxygen atoms in total. The monoisotopic (exact) mass is 304 g/mol. The summed E-state index contributed by atoms with van der Waals surface area (Å²) in [5.74, 6) is -1.20. The van der Waals surface area contributed by atoms with Crippen molar-refractivity contribution in [2.24, 2.45) is 0 Å². The summed E-state index contributed by atoms with van der Waals surface area (Å²) in [4.78, 5) is 22.5. The van der Waals surface area contributed by atoms with Gasteiger partial charge in [0.1, 0.15) is 6.04 Å². The number of benzene rings is 1. The first-order chi connectivity index (χ1) is 9.74. The molecule has 0 aliphatic carbocycles. The number of anilines is 1. The Hall–Kier alpha value is -2.25. The fourth-order valence-electron chi connectivity index (χ4n) is 1.64. The van der Waals surface area contributed by atoms with E-state index in [1.807, 2.05) is 0 Å². The molecular weight excluding hydrogens is 289 g/mol. The van der Waals surface area contributed by atoms with Gasteiger partial charge in [0.05, 0.1) is 5.56 Å². The zero-order valence-corrected chi connectivity index (χ0v) is 11.2. The number of aliphatic carboxylic acids is 1. The lowest BCUT2D eigenvalue weighted by atomic mass is 10.2. The summed E-state index contributed by atoms with van der Waals surface area (Å²) in [6, 6.07) is 2.13. The molecule has 8 heteroatoms. The Kier molecular flexibility index (Phi) is 5.57. The fourth-order valence-corrected chi connectivity index (χ4v) is 1.64. The number of carboxylic acid groups (broad SMARTS) is 1. The number of carbonyl (C=O) groups is 2. The third-order valence-electron chi connectivity index (χ3n) is 2.63. The Morgan fingerprint density at radius 2 is 2.00 bits per heavy atom. The van der Waals surface area contributed by atoms with Crippen LogP contribution < -0.4 is 10.6 Å². The Bertz CT molecular complexity index is 518. The van der Waals surface area contributed by atoms with Crippen LogP contribution in [0.5, 0.6) is 0 Å². The Balaban J connectivity index is 2.73. The summed E-state index contributed by atoms with van der Waals surface area (Å²) in [6.07, 6.45) is -3.74. The SMILES string of the molecule is CCC[C@H](NC(=O)Nc1cccc(C(F)(F)F)c1)C(=O)O. The van der Waals surface area contributed by atoms with Crippen molar-refractivity contribution in [3.8, 4) is 0 Å². The molecule has 0 fully saturated rings. The molecule has 1 aromatic carbocycles. The number of nitrogens with one attached hydrogen (secondary N) is 2. The molecule has 1 atom stereocenters. The van der Waals surface area contributed by atoms with Gasteiger partial charge in [0.2, 0.25) is 0 Å². The molecule has 3 N–H and O–H groups in total. The highest BCUT2D eigenvalue weighted by molar-refractivity contribution is 5.92. The van der Waals surface area contributed by atoms with Gasteiger partial charge in [-0.2, -0.15) is 13.2 Å². The minimum absolute atomic E-state index is 0.0667. The van der Waals surface area contributed by atoms with Crippen LogP contribution >= 0.6 is 0 Å². The first-order valence-corrected chi connectivity index (χ1v) is 6.21. The minimum atomic E-state index is -4.51. The number of halogens is 3. The predicted molar refractivity (Wildman–Crippen MR) is 69.9 cm³/mol. The van der Waals surface area contributed by atoms with Gasteiger partial charge in [-0.15, -0.1) is 0 Å². The summed E-state index contributed by atoms with van der Waals surface area (Å²) in [5.41, 5.74) is -0.966. The van der Waals surface area contributed by atoms with Crippen molar-refractivity contribution < 1.29 is 27.9 Å². The van der Waals surface area contributed by atoms with Gasteiger partial charge >= 0.3 is 18.2 Å². The van der Waals surface area contributed by atoms with E-state index < -0.39 is 29.8 Å². The molecule has 1 rings (SSSR count). The summed E-state index contributed by atoms with van der Waals surface area (Å²) < 4.78 is 37.5. The van der Waals surface area contributed by atoms with Crippen LogP contribution in [0.25, 0.3) is 0 Å². The third kappa shape index (κ3) is 5.33. The number of urea groups is 1. The van der Waals surface area contributed by atoms with Gasteiger partial charge < -0.3 is 15.7 Å². The van der Waals surface area contributed by atoms with E-state index in [-0.39, 0.29) is 12.1 Å². The number of carbonyl (C=O) groups excluding carboxylic acids is 1. The van der Waals surface area contributed by atoms with Crippen LogP contribution in [-0.2, 0) is 11.0 Å². The Morgan fingerprint density at radius 1 is 1.33 bits per heavy atom. The molecule has 0 saturated carbocycles. The first kappa shape index (κ1) is 16.8. The van der Waals surface area contributed by atoms with Crippen molar-refractivity contribution in [2.45, 2.75) is 32.0 Å². The van der Waals surface area contributed by atoms with Crippen LogP contribution in [0.3, 0.4) is 0 Å². The predicted octanol–water partition coefficient (Wildman–Crippen LogP) is 3.08. The van der Waals surface area contributed by atoms with Gasteiger partial charge in [-0.1, -0.05) is 19.4 Å². The molecule has 0 saturated heterocycles. The molecular formula is C13H15F3N2O3. The molecule has 2 amide bonds. The summed E-state index contributed by atoms with van der Waals surface area (Å²) in [7, 11) is 0. The molecule has 0 radical (unpaired) electrons. The van der Waals surface area contributed by atoms with Gasteiger partial charge in [-0.05, 0) is 24.6 Å². The number of amides is 2. The molecule has 0 bridgehead atoms. The highest BCUT2D eigenvalue weighted by Gasteiger charge is 2.30. The van der Waals surface area contributed by atoms with E-state index >= 15 is 0 Å². The zero-order chi connectivity index (χ0) is 16.0. The molecule has 0 aliphatic heterocycles. The van der Waals surface area contributed by atoms with E-state index in [4.69, 9.17) is 5.11 Å². The number of hydrogen-bond acceptors (Lipinski definition) is 2. The molecule has 0 spiro atoms. The average Bonchev–Trinajstić information content (AvgIpc) is 2.37. The summed E-state index contributed by atoms with van der Waals surface area (Å²) in [6.45, 7) is 1.75. The van der Waals surface area contributed by atoms with Crippen molar-refractivity contribution in [3.63, 3.8) is 0 Å². The van der Waals surface area contributed by atoms with E-state index in [2.05, 4.69) is 10.6 Å². The van der Waals surface area contributed by atoms with Crippen LogP contribution in [0, 0.1) is 0 Å². The van der Waals surface area contributed by atoms with Crippen LogP contribution in [0.4, 0.5) is 23.7 Å². The van der Waals surface area contributed by atoms with Crippen molar-refractivity contribution in [1.82, 2.24) is 5.32 Å². The van der Waals surface area contributed by atoms with Crippen LogP contribution in [0.2, 0.25) is 0 Å². The third-order valence-corrected chi connectivity index (χ3v) is 2.63. The quantitative estimate of drug-likeness (QED) is 0.782. The van der Waals surface area contributed by atoms with Gasteiger partial charge in [-0.3, -0.25) is 0 Å². The van der Waals surface area contributed by atoms with E-state index in [0.717, 1.165) is 18.2 Å². The normalized spacial score (nSPS) is 12.6. The molecule has 0 aromatic heterocycles. The number of carboxylic acids is 1. The molecule has 116 valence electrons. The Morgan fingerprint density at radius 3 is 2.52 bits per heavy atom. The second-order valence-corrected chi connectivity index (χ2v) is 4.36. The van der Waals surface area contributed by atoms with Crippen molar-refractivity contribution >= 4 is 17.7 Å². The second kappa shape index (κ2) is 6.96. The largest absolute Gasteiger partial charge is 0.480 e. The minimum Gasteiger partial charge on any atom is -0.480 e. The highest BCUT2D eigenvalue weighted by Crippen LogP contribution is 2.30. The fraction of sp³-hybridized carbons (Fsp3) is 0.385. The maximum absolute atomic E-state index is 12.5. The maximum atomic E-state index is 12.5. The lowest BCUT2D eigenvalue weighted by Gasteiger charge is -2.15. The van der Waals surface area contributed by atoms with Crippen molar-refractivity contribution in [2.75, 3.05) is 5.32 Å². The molecule has 1 aromatic rings. The standard InChI is InChI=1S/C13H15F3N2O3/c1-2-4-10(11(19)20)18-12(21)17-9-6-3-5-8(7-9)13(14,15)16/h3,5-7,10H,2,4H2,1H3,(H,19,20)(H2,17,18,21)/t10-/m0/s1. The van der Waals surface area contributed by atoms with E-state index in [0.29, 0.717) is 6.42 Å². The maximum Gasteiger partial charge on any atom is 0.416 e. The zero-order valence-electron chi connectivity index (χ0n) is 11.2. The van der Waals surface area contributed by atoms with Crippen LogP contribution in [0.1, 0.15) is 25.3 Å². The first-order valence-electron chi connectivity index (χ1n) is 6.21. The Labute approximate surface area is 119 Å². The number of alkyl halides is 3.